The third-order valence-electron chi connectivity index (χ3n) is 3.60. The van der Waals surface area contributed by atoms with Gasteiger partial charge in [-0.05, 0) is 25.8 Å². The van der Waals surface area contributed by atoms with Crippen LogP contribution in [0.3, 0.4) is 0 Å². The van der Waals surface area contributed by atoms with Crippen molar-refractivity contribution in [3.8, 4) is 6.07 Å². The lowest BCUT2D eigenvalue weighted by Gasteiger charge is -2.26. The number of likely N-dealkylation sites (N-methyl/N-ethyl adjacent to an activating group) is 1. The molecule has 2 unspecified atom stereocenters. The molecular weight excluding hydrogens is 186 g/mol. The molecule has 1 aliphatic carbocycles. The first-order chi connectivity index (χ1) is 7.20. The molecular formula is C12H21N3. The molecule has 0 radical (unpaired) electrons. The minimum atomic E-state index is 0.445. The summed E-state index contributed by atoms with van der Waals surface area (Å²) < 4.78 is 0. The van der Waals surface area contributed by atoms with E-state index in [1.54, 1.807) is 0 Å². The zero-order valence-electron chi connectivity index (χ0n) is 9.82. The maximum absolute atomic E-state index is 8.84. The molecule has 0 aromatic rings. The maximum Gasteiger partial charge on any atom is 0.0638 e. The first-order valence-electron chi connectivity index (χ1n) is 6.02. The Kier molecular flexibility index (Phi) is 3.28. The SMILES string of the molecule is CC1CN(C)C(CC#N)CN(C2CC2)C1. The van der Waals surface area contributed by atoms with Crippen molar-refractivity contribution < 1.29 is 0 Å². The van der Waals surface area contributed by atoms with Gasteiger partial charge in [-0.2, -0.15) is 5.26 Å². The van der Waals surface area contributed by atoms with Gasteiger partial charge in [0.1, 0.15) is 0 Å². The molecule has 0 N–H and O–H groups in total. The molecule has 1 aliphatic heterocycles. The van der Waals surface area contributed by atoms with E-state index in [4.69, 9.17) is 5.26 Å². The number of hydrogen-bond acceptors (Lipinski definition) is 3. The van der Waals surface area contributed by atoms with Gasteiger partial charge in [0.15, 0.2) is 0 Å². The van der Waals surface area contributed by atoms with Crippen molar-refractivity contribution in [2.45, 2.75) is 38.3 Å². The van der Waals surface area contributed by atoms with E-state index in [1.807, 2.05) is 0 Å². The molecule has 2 aliphatic rings. The summed E-state index contributed by atoms with van der Waals surface area (Å²) in [6, 6.07) is 3.60. The lowest BCUT2D eigenvalue weighted by atomic mass is 10.1. The van der Waals surface area contributed by atoms with Crippen LogP contribution < -0.4 is 0 Å². The Hall–Kier alpha value is -0.590. The molecule has 2 atom stereocenters. The molecule has 2 rings (SSSR count). The van der Waals surface area contributed by atoms with E-state index in [0.29, 0.717) is 12.5 Å². The highest BCUT2D eigenvalue weighted by atomic mass is 15.3. The second-order valence-electron chi connectivity index (χ2n) is 5.25. The van der Waals surface area contributed by atoms with Crippen LogP contribution in [-0.4, -0.2) is 48.6 Å². The largest absolute Gasteiger partial charge is 0.301 e. The molecule has 3 nitrogen and oxygen atoms in total. The Morgan fingerprint density at radius 1 is 1.27 bits per heavy atom. The van der Waals surface area contributed by atoms with Crippen molar-refractivity contribution in [2.75, 3.05) is 26.7 Å². The van der Waals surface area contributed by atoms with Crippen LogP contribution >= 0.6 is 0 Å². The molecule has 1 saturated heterocycles. The summed E-state index contributed by atoms with van der Waals surface area (Å²) in [6.07, 6.45) is 3.41. The van der Waals surface area contributed by atoms with Crippen molar-refractivity contribution in [1.29, 1.82) is 5.26 Å². The highest BCUT2D eigenvalue weighted by molar-refractivity contribution is 4.93. The van der Waals surface area contributed by atoms with Gasteiger partial charge < -0.3 is 4.90 Å². The van der Waals surface area contributed by atoms with Gasteiger partial charge in [-0.15, -0.1) is 0 Å². The van der Waals surface area contributed by atoms with Gasteiger partial charge in [0.2, 0.25) is 0 Å². The molecule has 0 spiro atoms. The first-order valence-corrected chi connectivity index (χ1v) is 6.02. The molecule has 84 valence electrons. The predicted molar refractivity (Wildman–Crippen MR) is 60.4 cm³/mol. The van der Waals surface area contributed by atoms with E-state index in [1.165, 1.54) is 19.4 Å². The fourth-order valence-electron chi connectivity index (χ4n) is 2.65. The van der Waals surface area contributed by atoms with Crippen LogP contribution in [0.15, 0.2) is 0 Å². The third-order valence-corrected chi connectivity index (χ3v) is 3.60. The average Bonchev–Trinajstić information content (AvgIpc) is 2.97. The number of hydrogen-bond donors (Lipinski definition) is 0. The molecule has 2 fully saturated rings. The molecule has 3 heteroatoms. The fraction of sp³-hybridized carbons (Fsp3) is 0.917. The molecule has 15 heavy (non-hydrogen) atoms. The van der Waals surface area contributed by atoms with Gasteiger partial charge in [0, 0.05) is 31.7 Å². The molecule has 0 bridgehead atoms. The Bertz CT molecular complexity index is 254. The van der Waals surface area contributed by atoms with Crippen LogP contribution in [0.1, 0.15) is 26.2 Å². The van der Waals surface area contributed by atoms with E-state index < -0.39 is 0 Å². The first kappa shape index (κ1) is 10.9. The fourth-order valence-corrected chi connectivity index (χ4v) is 2.65. The van der Waals surface area contributed by atoms with Crippen LogP contribution in [0.4, 0.5) is 0 Å². The van der Waals surface area contributed by atoms with Crippen LogP contribution in [-0.2, 0) is 0 Å². The quantitative estimate of drug-likeness (QED) is 0.684. The summed E-state index contributed by atoms with van der Waals surface area (Å²) in [5.74, 6) is 0.735. The topological polar surface area (TPSA) is 30.3 Å². The molecule has 1 saturated carbocycles. The number of nitrogens with zero attached hydrogens (tertiary/aromatic N) is 3. The molecule has 0 amide bonds. The summed E-state index contributed by atoms with van der Waals surface area (Å²) in [6.45, 7) is 5.77. The summed E-state index contributed by atoms with van der Waals surface area (Å²) in [5.41, 5.74) is 0. The Balaban J connectivity index is 2.00. The maximum atomic E-state index is 8.84. The smallest absolute Gasteiger partial charge is 0.0638 e. The minimum absolute atomic E-state index is 0.445. The minimum Gasteiger partial charge on any atom is -0.301 e. The summed E-state index contributed by atoms with van der Waals surface area (Å²) in [4.78, 5) is 4.98. The number of nitriles is 1. The zero-order chi connectivity index (χ0) is 10.8. The van der Waals surface area contributed by atoms with E-state index in [-0.39, 0.29) is 0 Å². The molecule has 1 heterocycles. The standard InChI is InChI=1S/C12H21N3/c1-10-7-14(2)12(5-6-13)9-15(8-10)11-3-4-11/h10-12H,3-5,7-9H2,1-2H3. The Labute approximate surface area is 92.7 Å². The van der Waals surface area contributed by atoms with Gasteiger partial charge in [-0.1, -0.05) is 6.92 Å². The highest BCUT2D eigenvalue weighted by Gasteiger charge is 2.34. The van der Waals surface area contributed by atoms with E-state index in [2.05, 4.69) is 29.8 Å². The summed E-state index contributed by atoms with van der Waals surface area (Å²) in [7, 11) is 2.16. The van der Waals surface area contributed by atoms with Crippen molar-refractivity contribution in [3.63, 3.8) is 0 Å². The zero-order valence-corrected chi connectivity index (χ0v) is 9.82. The lowest BCUT2D eigenvalue weighted by molar-refractivity contribution is 0.204. The Morgan fingerprint density at radius 2 is 2.00 bits per heavy atom. The van der Waals surface area contributed by atoms with Gasteiger partial charge in [0.05, 0.1) is 12.5 Å². The van der Waals surface area contributed by atoms with Crippen molar-refractivity contribution in [3.05, 3.63) is 0 Å². The van der Waals surface area contributed by atoms with Crippen LogP contribution in [0.25, 0.3) is 0 Å². The van der Waals surface area contributed by atoms with E-state index >= 15 is 0 Å². The van der Waals surface area contributed by atoms with Crippen molar-refractivity contribution in [1.82, 2.24) is 9.80 Å². The molecule has 0 aromatic heterocycles. The highest BCUT2D eigenvalue weighted by Crippen LogP contribution is 2.29. The van der Waals surface area contributed by atoms with Crippen molar-refractivity contribution in [2.24, 2.45) is 5.92 Å². The van der Waals surface area contributed by atoms with Gasteiger partial charge in [-0.3, -0.25) is 4.90 Å². The molecule has 0 aromatic carbocycles. The Morgan fingerprint density at radius 3 is 2.60 bits per heavy atom. The van der Waals surface area contributed by atoms with Gasteiger partial charge in [-0.25, -0.2) is 0 Å². The summed E-state index contributed by atoms with van der Waals surface area (Å²) in [5, 5.41) is 8.84. The van der Waals surface area contributed by atoms with Gasteiger partial charge in [0.25, 0.3) is 0 Å². The summed E-state index contributed by atoms with van der Waals surface area (Å²) >= 11 is 0. The van der Waals surface area contributed by atoms with Crippen molar-refractivity contribution >= 4 is 0 Å². The second-order valence-corrected chi connectivity index (χ2v) is 5.25. The second kappa shape index (κ2) is 4.51. The van der Waals surface area contributed by atoms with Crippen LogP contribution in [0, 0.1) is 17.2 Å². The lowest BCUT2D eigenvalue weighted by Crippen LogP contribution is -2.39. The normalized spacial score (nSPS) is 34.7. The van der Waals surface area contributed by atoms with Gasteiger partial charge >= 0.3 is 0 Å². The van der Waals surface area contributed by atoms with Crippen LogP contribution in [0.5, 0.6) is 0 Å². The monoisotopic (exact) mass is 207 g/mol. The van der Waals surface area contributed by atoms with E-state index in [9.17, 15) is 0 Å². The van der Waals surface area contributed by atoms with E-state index in [0.717, 1.165) is 25.0 Å². The average molecular weight is 207 g/mol. The number of rotatable bonds is 2. The third kappa shape index (κ3) is 2.70. The van der Waals surface area contributed by atoms with Crippen LogP contribution in [0.2, 0.25) is 0 Å². The predicted octanol–water partition coefficient (Wildman–Crippen LogP) is 1.31.